The van der Waals surface area contributed by atoms with Gasteiger partial charge in [-0.2, -0.15) is 4.98 Å². The Morgan fingerprint density at radius 3 is 2.89 bits per heavy atom. The molecule has 2 aromatic heterocycles. The number of Topliss-reactive ketones (excluding diaryl/α,β-unsaturated/α-hetero) is 1. The number of rotatable bonds is 5. The number of ketones is 1. The third-order valence-electron chi connectivity index (χ3n) is 2.70. The molecule has 18 heavy (non-hydrogen) atoms. The Bertz CT molecular complexity index is 540. The highest BCUT2D eigenvalue weighted by Crippen LogP contribution is 2.12. The van der Waals surface area contributed by atoms with Crippen molar-refractivity contribution >= 4 is 5.78 Å². The molecule has 0 N–H and O–H groups in total. The van der Waals surface area contributed by atoms with E-state index < -0.39 is 0 Å². The van der Waals surface area contributed by atoms with E-state index in [1.165, 1.54) is 0 Å². The van der Waals surface area contributed by atoms with E-state index in [1.807, 2.05) is 43.8 Å². The van der Waals surface area contributed by atoms with Gasteiger partial charge >= 0.3 is 0 Å². The van der Waals surface area contributed by atoms with Crippen LogP contribution < -0.4 is 0 Å². The smallest absolute Gasteiger partial charge is 0.229 e. The van der Waals surface area contributed by atoms with E-state index >= 15 is 0 Å². The molecule has 0 aromatic carbocycles. The number of carbonyl (C=O) groups is 1. The summed E-state index contributed by atoms with van der Waals surface area (Å²) in [6, 6.07) is 1.81. The average molecular weight is 247 g/mol. The molecule has 2 aromatic rings. The second kappa shape index (κ2) is 5.16. The van der Waals surface area contributed by atoms with E-state index in [1.54, 1.807) is 0 Å². The van der Waals surface area contributed by atoms with Crippen molar-refractivity contribution < 1.29 is 9.32 Å². The van der Waals surface area contributed by atoms with Gasteiger partial charge in [0.2, 0.25) is 5.89 Å². The van der Waals surface area contributed by atoms with Gasteiger partial charge in [0.05, 0.1) is 6.54 Å². The minimum Gasteiger partial charge on any atom is -0.346 e. The molecular weight excluding hydrogens is 230 g/mol. The molecular formula is C13H17N3O2. The Kier molecular flexibility index (Phi) is 3.60. The van der Waals surface area contributed by atoms with E-state index in [4.69, 9.17) is 4.52 Å². The third kappa shape index (κ3) is 2.67. The van der Waals surface area contributed by atoms with Crippen molar-refractivity contribution in [3.8, 4) is 0 Å². The van der Waals surface area contributed by atoms with Crippen LogP contribution in [0.15, 0.2) is 23.0 Å². The van der Waals surface area contributed by atoms with E-state index in [0.717, 1.165) is 5.56 Å². The van der Waals surface area contributed by atoms with Crippen LogP contribution >= 0.6 is 0 Å². The summed E-state index contributed by atoms with van der Waals surface area (Å²) >= 11 is 0. The van der Waals surface area contributed by atoms with Gasteiger partial charge in [-0.3, -0.25) is 4.79 Å². The second-order valence-corrected chi connectivity index (χ2v) is 4.55. The predicted octanol–water partition coefficient (Wildman–Crippen LogP) is 2.64. The largest absolute Gasteiger partial charge is 0.346 e. The highest BCUT2D eigenvalue weighted by atomic mass is 16.5. The molecule has 0 aliphatic rings. The van der Waals surface area contributed by atoms with Crippen LogP contribution in [-0.4, -0.2) is 20.5 Å². The Morgan fingerprint density at radius 2 is 2.28 bits per heavy atom. The lowest BCUT2D eigenvalue weighted by Gasteiger charge is -1.97. The summed E-state index contributed by atoms with van der Waals surface area (Å²) in [5, 5.41) is 3.92. The van der Waals surface area contributed by atoms with Gasteiger partial charge in [0.25, 0.3) is 0 Å². The molecule has 0 saturated heterocycles. The number of aromatic nitrogens is 3. The minimum atomic E-state index is 0.143. The normalized spacial score (nSPS) is 11.1. The molecule has 5 nitrogen and oxygen atoms in total. The maximum absolute atomic E-state index is 11.5. The summed E-state index contributed by atoms with van der Waals surface area (Å²) in [6.07, 6.45) is 4.19. The van der Waals surface area contributed by atoms with Crippen LogP contribution in [0.2, 0.25) is 0 Å². The Hall–Kier alpha value is -1.91. The first-order valence-corrected chi connectivity index (χ1v) is 6.11. The molecule has 0 aliphatic carbocycles. The van der Waals surface area contributed by atoms with E-state index in [2.05, 4.69) is 10.1 Å². The molecule has 5 heteroatoms. The lowest BCUT2D eigenvalue weighted by atomic mass is 10.2. The summed E-state index contributed by atoms with van der Waals surface area (Å²) in [5.41, 5.74) is 0.727. The van der Waals surface area contributed by atoms with Gasteiger partial charge in [-0.15, -0.1) is 0 Å². The fourth-order valence-corrected chi connectivity index (χ4v) is 1.64. The number of carbonyl (C=O) groups excluding carboxylic acids is 1. The Balaban J connectivity index is 2.08. The first-order chi connectivity index (χ1) is 8.60. The van der Waals surface area contributed by atoms with E-state index in [-0.39, 0.29) is 11.7 Å². The molecule has 0 bridgehead atoms. The van der Waals surface area contributed by atoms with Gasteiger partial charge < -0.3 is 9.09 Å². The van der Waals surface area contributed by atoms with Crippen LogP contribution in [0.4, 0.5) is 0 Å². The molecule has 2 heterocycles. The molecule has 0 unspecified atom stereocenters. The monoisotopic (exact) mass is 247 g/mol. The molecule has 0 spiro atoms. The number of hydrogen-bond donors (Lipinski definition) is 0. The molecule has 2 rings (SSSR count). The predicted molar refractivity (Wildman–Crippen MR) is 66.5 cm³/mol. The van der Waals surface area contributed by atoms with Gasteiger partial charge in [-0.1, -0.05) is 25.9 Å². The van der Waals surface area contributed by atoms with Crippen LogP contribution in [0.5, 0.6) is 0 Å². The standard InChI is InChI=1S/C13H17N3O2/c1-4-11(17)10-5-6-16(7-10)8-12-14-13(9(2)3)18-15-12/h5-7,9H,4,8H2,1-3H3. The van der Waals surface area contributed by atoms with E-state index in [9.17, 15) is 4.79 Å². The quantitative estimate of drug-likeness (QED) is 0.762. The second-order valence-electron chi connectivity index (χ2n) is 4.55. The molecule has 0 saturated carbocycles. The van der Waals surface area contributed by atoms with Crippen LogP contribution in [0.3, 0.4) is 0 Å². The summed E-state index contributed by atoms with van der Waals surface area (Å²) in [6.45, 7) is 6.39. The zero-order valence-corrected chi connectivity index (χ0v) is 10.9. The summed E-state index contributed by atoms with van der Waals surface area (Å²) in [5.74, 6) is 1.64. The van der Waals surface area contributed by atoms with Crippen molar-refractivity contribution in [2.24, 2.45) is 0 Å². The van der Waals surface area contributed by atoms with Crippen LogP contribution in [0.25, 0.3) is 0 Å². The van der Waals surface area contributed by atoms with Crippen molar-refractivity contribution in [1.29, 1.82) is 0 Å². The Labute approximate surface area is 106 Å². The fourth-order valence-electron chi connectivity index (χ4n) is 1.64. The highest BCUT2D eigenvalue weighted by Gasteiger charge is 2.11. The zero-order valence-electron chi connectivity index (χ0n) is 10.9. The fraction of sp³-hybridized carbons (Fsp3) is 0.462. The molecule has 0 atom stereocenters. The van der Waals surface area contributed by atoms with Crippen LogP contribution in [0.1, 0.15) is 55.2 Å². The lowest BCUT2D eigenvalue weighted by molar-refractivity contribution is 0.0988. The molecule has 0 aliphatic heterocycles. The molecule has 0 fully saturated rings. The van der Waals surface area contributed by atoms with Crippen LogP contribution in [0, 0.1) is 0 Å². The average Bonchev–Trinajstić information content (AvgIpc) is 2.98. The zero-order chi connectivity index (χ0) is 13.1. The minimum absolute atomic E-state index is 0.143. The topological polar surface area (TPSA) is 60.9 Å². The Morgan fingerprint density at radius 1 is 1.50 bits per heavy atom. The lowest BCUT2D eigenvalue weighted by Crippen LogP contribution is -2.00. The number of nitrogens with zero attached hydrogens (tertiary/aromatic N) is 3. The molecule has 96 valence electrons. The van der Waals surface area contributed by atoms with Gasteiger partial charge in [-0.05, 0) is 6.07 Å². The van der Waals surface area contributed by atoms with Crippen molar-refractivity contribution in [2.45, 2.75) is 39.7 Å². The summed E-state index contributed by atoms with van der Waals surface area (Å²) < 4.78 is 7.02. The van der Waals surface area contributed by atoms with Crippen molar-refractivity contribution in [1.82, 2.24) is 14.7 Å². The maximum Gasteiger partial charge on any atom is 0.229 e. The van der Waals surface area contributed by atoms with Gasteiger partial charge in [0.15, 0.2) is 11.6 Å². The molecule has 0 amide bonds. The van der Waals surface area contributed by atoms with Gasteiger partial charge in [-0.25, -0.2) is 0 Å². The summed E-state index contributed by atoms with van der Waals surface area (Å²) in [4.78, 5) is 15.8. The SMILES string of the molecule is CCC(=O)c1ccn(Cc2noc(C(C)C)n2)c1. The first kappa shape index (κ1) is 12.5. The van der Waals surface area contributed by atoms with Gasteiger partial charge in [0.1, 0.15) is 0 Å². The maximum atomic E-state index is 11.5. The third-order valence-corrected chi connectivity index (χ3v) is 2.70. The number of hydrogen-bond acceptors (Lipinski definition) is 4. The van der Waals surface area contributed by atoms with Crippen molar-refractivity contribution in [3.63, 3.8) is 0 Å². The first-order valence-electron chi connectivity index (χ1n) is 6.11. The highest BCUT2D eigenvalue weighted by molar-refractivity contribution is 5.95. The van der Waals surface area contributed by atoms with Crippen molar-refractivity contribution in [2.75, 3.05) is 0 Å². The van der Waals surface area contributed by atoms with Crippen LogP contribution in [-0.2, 0) is 6.54 Å². The van der Waals surface area contributed by atoms with E-state index in [0.29, 0.717) is 24.7 Å². The summed E-state index contributed by atoms with van der Waals surface area (Å²) in [7, 11) is 0. The molecule has 0 radical (unpaired) electrons. The van der Waals surface area contributed by atoms with Crippen molar-refractivity contribution in [3.05, 3.63) is 35.7 Å². The van der Waals surface area contributed by atoms with Gasteiger partial charge in [0, 0.05) is 30.3 Å².